The number of rotatable bonds is 7. The zero-order chi connectivity index (χ0) is 20.1. The Balaban J connectivity index is 1.76. The van der Waals surface area contributed by atoms with Crippen molar-refractivity contribution in [1.82, 2.24) is 0 Å². The predicted molar refractivity (Wildman–Crippen MR) is 101 cm³/mol. The van der Waals surface area contributed by atoms with Crippen LogP contribution in [0.4, 0.5) is 13.2 Å². The van der Waals surface area contributed by atoms with Crippen molar-refractivity contribution in [2.75, 3.05) is 26.4 Å². The third-order valence-corrected chi connectivity index (χ3v) is 4.98. The smallest absolute Gasteiger partial charge is 0.201 e. The van der Waals surface area contributed by atoms with E-state index in [1.165, 1.54) is 24.3 Å². The molecule has 2 aromatic carbocycles. The Labute approximate surface area is 163 Å². The van der Waals surface area contributed by atoms with Crippen LogP contribution in [-0.2, 0) is 9.47 Å². The predicted octanol–water partition coefficient (Wildman–Crippen LogP) is 5.47. The highest BCUT2D eigenvalue weighted by Crippen LogP contribution is 2.34. The van der Waals surface area contributed by atoms with E-state index in [1.54, 1.807) is 13.0 Å². The van der Waals surface area contributed by atoms with Crippen LogP contribution in [0.2, 0.25) is 0 Å². The van der Waals surface area contributed by atoms with Gasteiger partial charge in [-0.25, -0.2) is 8.78 Å². The molecule has 3 rings (SSSR count). The molecule has 0 N–H and O–H groups in total. The summed E-state index contributed by atoms with van der Waals surface area (Å²) in [7, 11) is 0. The van der Waals surface area contributed by atoms with Crippen molar-refractivity contribution in [3.8, 4) is 16.9 Å². The van der Waals surface area contributed by atoms with E-state index in [0.29, 0.717) is 19.8 Å². The molecular weight excluding hydrogens is 369 g/mol. The first-order valence-corrected chi connectivity index (χ1v) is 9.65. The Morgan fingerprint density at radius 3 is 2.39 bits per heavy atom. The summed E-state index contributed by atoms with van der Waals surface area (Å²) in [6.07, 6.45) is 1.77. The van der Waals surface area contributed by atoms with Crippen molar-refractivity contribution in [2.45, 2.75) is 38.7 Å². The molecule has 1 aliphatic heterocycles. The highest BCUT2D eigenvalue weighted by molar-refractivity contribution is 5.66. The van der Waals surface area contributed by atoms with Crippen molar-refractivity contribution >= 4 is 0 Å². The molecule has 28 heavy (non-hydrogen) atoms. The Bertz CT molecular complexity index is 802. The van der Waals surface area contributed by atoms with E-state index in [1.807, 2.05) is 6.92 Å². The monoisotopic (exact) mass is 394 g/mol. The summed E-state index contributed by atoms with van der Waals surface area (Å²) < 4.78 is 59.4. The van der Waals surface area contributed by atoms with Crippen molar-refractivity contribution in [2.24, 2.45) is 0 Å². The summed E-state index contributed by atoms with van der Waals surface area (Å²) in [6, 6.07) is 7.29. The number of ether oxygens (including phenoxy) is 3. The molecule has 1 fully saturated rings. The average Bonchev–Trinajstić information content (AvgIpc) is 2.71. The van der Waals surface area contributed by atoms with Gasteiger partial charge >= 0.3 is 0 Å². The van der Waals surface area contributed by atoms with E-state index in [9.17, 15) is 13.2 Å². The van der Waals surface area contributed by atoms with E-state index in [-0.39, 0.29) is 35.5 Å². The third-order valence-electron chi connectivity index (χ3n) is 4.98. The lowest BCUT2D eigenvalue weighted by Gasteiger charge is -2.29. The van der Waals surface area contributed by atoms with Crippen LogP contribution >= 0.6 is 0 Å². The number of halogens is 3. The molecule has 1 saturated heterocycles. The minimum Gasteiger partial charge on any atom is -0.491 e. The molecule has 1 heterocycles. The minimum atomic E-state index is -1.11. The van der Waals surface area contributed by atoms with Gasteiger partial charge < -0.3 is 14.2 Å². The number of hydrogen-bond acceptors (Lipinski definition) is 3. The Morgan fingerprint density at radius 1 is 0.964 bits per heavy atom. The molecular formula is C22H25F3O3. The first-order valence-electron chi connectivity index (χ1n) is 9.65. The standard InChI is InChI=1S/C22H25F3O3/c1-3-26-13-16-7-5-15(12-28-16)14-6-8-17(19(23)11-14)18-9-10-20(27-4-2)22(25)21(18)24/h6,8-11,15-16H,3-5,7,12-13H2,1-2H3. The summed E-state index contributed by atoms with van der Waals surface area (Å²) in [4.78, 5) is 0. The van der Waals surface area contributed by atoms with Gasteiger partial charge in [0.15, 0.2) is 11.6 Å². The van der Waals surface area contributed by atoms with Crippen molar-refractivity contribution < 1.29 is 27.4 Å². The second kappa shape index (κ2) is 9.43. The van der Waals surface area contributed by atoms with Gasteiger partial charge in [0.2, 0.25) is 5.82 Å². The number of hydrogen-bond donors (Lipinski definition) is 0. The van der Waals surface area contributed by atoms with Crippen LogP contribution in [0.3, 0.4) is 0 Å². The SMILES string of the molecule is CCOCC1CCC(c2ccc(-c3ccc(OCC)c(F)c3F)c(F)c2)CO1. The van der Waals surface area contributed by atoms with Crippen molar-refractivity contribution in [1.29, 1.82) is 0 Å². The summed E-state index contributed by atoms with van der Waals surface area (Å²) >= 11 is 0. The number of benzene rings is 2. The third kappa shape index (κ3) is 4.50. The van der Waals surface area contributed by atoms with Gasteiger partial charge in [0.05, 0.1) is 25.9 Å². The lowest BCUT2D eigenvalue weighted by atomic mass is 9.90. The zero-order valence-corrected chi connectivity index (χ0v) is 16.1. The molecule has 0 radical (unpaired) electrons. The normalized spacial score (nSPS) is 19.6. The molecule has 3 nitrogen and oxygen atoms in total. The second-order valence-corrected chi connectivity index (χ2v) is 6.80. The van der Waals surface area contributed by atoms with E-state index < -0.39 is 17.5 Å². The minimum absolute atomic E-state index is 0.0224. The largest absolute Gasteiger partial charge is 0.491 e. The molecule has 0 bridgehead atoms. The lowest BCUT2D eigenvalue weighted by Crippen LogP contribution is -2.28. The molecule has 2 atom stereocenters. The van der Waals surface area contributed by atoms with Gasteiger partial charge in [0.1, 0.15) is 5.82 Å². The molecule has 1 aliphatic rings. The van der Waals surface area contributed by atoms with Gasteiger partial charge in [-0.15, -0.1) is 0 Å². The van der Waals surface area contributed by atoms with Crippen molar-refractivity contribution in [3.05, 3.63) is 53.3 Å². The maximum absolute atomic E-state index is 14.7. The topological polar surface area (TPSA) is 27.7 Å². The first-order chi connectivity index (χ1) is 13.5. The molecule has 0 aliphatic carbocycles. The van der Waals surface area contributed by atoms with E-state index in [2.05, 4.69) is 0 Å². The van der Waals surface area contributed by atoms with Gasteiger partial charge in [-0.3, -0.25) is 0 Å². The quantitative estimate of drug-likeness (QED) is 0.623. The Kier molecular flexibility index (Phi) is 6.97. The average molecular weight is 394 g/mol. The summed E-state index contributed by atoms with van der Waals surface area (Å²) in [6.45, 7) is 5.54. The van der Waals surface area contributed by atoms with Crippen LogP contribution in [0, 0.1) is 17.5 Å². The second-order valence-electron chi connectivity index (χ2n) is 6.80. The lowest BCUT2D eigenvalue weighted by molar-refractivity contribution is -0.0460. The molecule has 2 unspecified atom stereocenters. The van der Waals surface area contributed by atoms with Crippen LogP contribution < -0.4 is 4.74 Å². The van der Waals surface area contributed by atoms with E-state index in [0.717, 1.165) is 18.4 Å². The molecule has 0 amide bonds. The van der Waals surface area contributed by atoms with Gasteiger partial charge in [0.25, 0.3) is 0 Å². The molecule has 6 heteroatoms. The van der Waals surface area contributed by atoms with E-state index in [4.69, 9.17) is 14.2 Å². The maximum Gasteiger partial charge on any atom is 0.201 e. The van der Waals surface area contributed by atoms with Gasteiger partial charge in [-0.1, -0.05) is 12.1 Å². The summed E-state index contributed by atoms with van der Waals surface area (Å²) in [5, 5.41) is 0. The van der Waals surface area contributed by atoms with Crippen LogP contribution in [0.1, 0.15) is 38.2 Å². The summed E-state index contributed by atoms with van der Waals surface area (Å²) in [5.41, 5.74) is 0.693. The summed E-state index contributed by atoms with van der Waals surface area (Å²) in [5.74, 6) is -2.91. The van der Waals surface area contributed by atoms with Crippen LogP contribution in [0.5, 0.6) is 5.75 Å². The maximum atomic E-state index is 14.7. The first kappa shape index (κ1) is 20.7. The molecule has 0 spiro atoms. The van der Waals surface area contributed by atoms with Gasteiger partial charge in [-0.05, 0) is 50.5 Å². The fourth-order valence-corrected chi connectivity index (χ4v) is 3.46. The fourth-order valence-electron chi connectivity index (χ4n) is 3.46. The van der Waals surface area contributed by atoms with Gasteiger partial charge in [0, 0.05) is 23.7 Å². The Morgan fingerprint density at radius 2 is 1.75 bits per heavy atom. The Hall–Kier alpha value is -2.05. The van der Waals surface area contributed by atoms with Crippen LogP contribution in [-0.4, -0.2) is 32.5 Å². The van der Waals surface area contributed by atoms with Crippen LogP contribution in [0.25, 0.3) is 11.1 Å². The van der Waals surface area contributed by atoms with E-state index >= 15 is 0 Å². The fraction of sp³-hybridized carbons (Fsp3) is 0.455. The van der Waals surface area contributed by atoms with Gasteiger partial charge in [-0.2, -0.15) is 4.39 Å². The molecule has 0 aromatic heterocycles. The highest BCUT2D eigenvalue weighted by Gasteiger charge is 2.24. The molecule has 152 valence electrons. The zero-order valence-electron chi connectivity index (χ0n) is 16.1. The van der Waals surface area contributed by atoms with Crippen molar-refractivity contribution in [3.63, 3.8) is 0 Å². The molecule has 2 aromatic rings. The molecule has 0 saturated carbocycles. The highest BCUT2D eigenvalue weighted by atomic mass is 19.2. The van der Waals surface area contributed by atoms with Crippen LogP contribution in [0.15, 0.2) is 30.3 Å².